The molecule has 4 rings (SSSR count). The van der Waals surface area contributed by atoms with Gasteiger partial charge in [0.05, 0.1) is 24.0 Å². The SMILES string of the molecule is CCOC(=O)c1c(NC(=O)[C@@H]2[C@H]3CC[C@@H](C3)[C@@H]2C(=O)O)sc2c1CCCCCCC2. The van der Waals surface area contributed by atoms with Gasteiger partial charge in [-0.1, -0.05) is 19.3 Å². The van der Waals surface area contributed by atoms with Crippen molar-refractivity contribution >= 4 is 34.2 Å². The van der Waals surface area contributed by atoms with Gasteiger partial charge in [-0.25, -0.2) is 4.79 Å². The highest BCUT2D eigenvalue weighted by atomic mass is 32.1. The Kier molecular flexibility index (Phi) is 6.46. The third-order valence-electron chi connectivity index (χ3n) is 7.14. The summed E-state index contributed by atoms with van der Waals surface area (Å²) >= 11 is 1.48. The van der Waals surface area contributed by atoms with Crippen LogP contribution in [0.2, 0.25) is 0 Å². The summed E-state index contributed by atoms with van der Waals surface area (Å²) in [6, 6.07) is 0. The molecule has 1 aromatic heterocycles. The molecule has 7 heteroatoms. The average Bonchev–Trinajstić information content (AvgIpc) is 3.40. The van der Waals surface area contributed by atoms with Crippen molar-refractivity contribution in [2.24, 2.45) is 23.7 Å². The topological polar surface area (TPSA) is 92.7 Å². The number of carboxylic acid groups (broad SMARTS) is 1. The van der Waals surface area contributed by atoms with E-state index in [0.29, 0.717) is 10.6 Å². The van der Waals surface area contributed by atoms with E-state index >= 15 is 0 Å². The van der Waals surface area contributed by atoms with E-state index in [2.05, 4.69) is 5.32 Å². The van der Waals surface area contributed by atoms with Gasteiger partial charge in [0, 0.05) is 4.88 Å². The molecular formula is C23H31NO5S. The van der Waals surface area contributed by atoms with Crippen LogP contribution in [-0.2, 0) is 27.2 Å². The number of carboxylic acids is 1. The Balaban J connectivity index is 1.63. The maximum atomic E-state index is 13.2. The van der Waals surface area contributed by atoms with E-state index in [1.807, 2.05) is 0 Å². The molecule has 3 aliphatic rings. The van der Waals surface area contributed by atoms with Crippen LogP contribution >= 0.6 is 11.3 Å². The van der Waals surface area contributed by atoms with E-state index in [-0.39, 0.29) is 30.3 Å². The number of nitrogens with one attached hydrogen (secondary N) is 1. The van der Waals surface area contributed by atoms with Gasteiger partial charge in [-0.05, 0) is 69.3 Å². The first-order valence-electron chi connectivity index (χ1n) is 11.4. The number of fused-ring (bicyclic) bond motifs is 3. The summed E-state index contributed by atoms with van der Waals surface area (Å²) in [5.41, 5.74) is 1.53. The normalized spacial score (nSPS) is 28.2. The highest BCUT2D eigenvalue weighted by molar-refractivity contribution is 7.17. The Labute approximate surface area is 181 Å². The number of anilines is 1. The number of rotatable bonds is 5. The molecule has 1 amide bonds. The van der Waals surface area contributed by atoms with Crippen LogP contribution in [0.15, 0.2) is 0 Å². The van der Waals surface area contributed by atoms with Crippen LogP contribution in [0.5, 0.6) is 0 Å². The molecule has 0 saturated heterocycles. The molecule has 2 bridgehead atoms. The molecule has 0 radical (unpaired) electrons. The fourth-order valence-electron chi connectivity index (χ4n) is 5.82. The monoisotopic (exact) mass is 433 g/mol. The zero-order valence-corrected chi connectivity index (χ0v) is 18.4. The molecule has 2 N–H and O–H groups in total. The molecule has 0 spiro atoms. The molecule has 164 valence electrons. The quantitative estimate of drug-likeness (QED) is 0.659. The Hall–Kier alpha value is -1.89. The molecule has 3 aliphatic carbocycles. The summed E-state index contributed by atoms with van der Waals surface area (Å²) in [5.74, 6) is -2.39. The number of carbonyl (C=O) groups is 3. The van der Waals surface area contributed by atoms with Crippen molar-refractivity contribution in [1.82, 2.24) is 0 Å². The van der Waals surface area contributed by atoms with Crippen molar-refractivity contribution in [3.63, 3.8) is 0 Å². The molecule has 2 saturated carbocycles. The number of amides is 1. The van der Waals surface area contributed by atoms with Gasteiger partial charge in [0.1, 0.15) is 5.00 Å². The van der Waals surface area contributed by atoms with Gasteiger partial charge in [-0.15, -0.1) is 11.3 Å². The number of hydrogen-bond acceptors (Lipinski definition) is 5. The predicted molar refractivity (Wildman–Crippen MR) is 115 cm³/mol. The number of thiophene rings is 1. The van der Waals surface area contributed by atoms with Crippen molar-refractivity contribution in [3.8, 4) is 0 Å². The minimum Gasteiger partial charge on any atom is -0.481 e. The van der Waals surface area contributed by atoms with Crippen molar-refractivity contribution in [3.05, 3.63) is 16.0 Å². The van der Waals surface area contributed by atoms with Crippen LogP contribution in [0.25, 0.3) is 0 Å². The summed E-state index contributed by atoms with van der Waals surface area (Å²) < 4.78 is 5.33. The minimum atomic E-state index is -0.873. The van der Waals surface area contributed by atoms with Crippen LogP contribution in [0.4, 0.5) is 5.00 Å². The molecule has 4 atom stereocenters. The smallest absolute Gasteiger partial charge is 0.341 e. The fourth-order valence-corrected chi connectivity index (χ4v) is 7.10. The fraction of sp³-hybridized carbons (Fsp3) is 0.696. The lowest BCUT2D eigenvalue weighted by atomic mass is 9.78. The van der Waals surface area contributed by atoms with Gasteiger partial charge in [-0.2, -0.15) is 0 Å². The number of aliphatic carboxylic acids is 1. The number of aryl methyl sites for hydroxylation is 1. The van der Waals surface area contributed by atoms with Gasteiger partial charge in [0.2, 0.25) is 5.91 Å². The Morgan fingerprint density at radius 2 is 1.70 bits per heavy atom. The second kappa shape index (κ2) is 9.08. The van der Waals surface area contributed by atoms with Crippen LogP contribution in [0.1, 0.15) is 79.1 Å². The summed E-state index contributed by atoms with van der Waals surface area (Å²) in [6.45, 7) is 2.06. The molecule has 1 heterocycles. The number of carbonyl (C=O) groups excluding carboxylic acids is 2. The van der Waals surface area contributed by atoms with Gasteiger partial charge in [0.15, 0.2) is 0 Å². The second-order valence-electron chi connectivity index (χ2n) is 8.91. The van der Waals surface area contributed by atoms with Crippen LogP contribution in [0, 0.1) is 23.7 Å². The molecule has 2 fully saturated rings. The van der Waals surface area contributed by atoms with Crippen molar-refractivity contribution in [2.45, 2.75) is 71.1 Å². The highest BCUT2D eigenvalue weighted by Crippen LogP contribution is 2.53. The third-order valence-corrected chi connectivity index (χ3v) is 8.35. The first-order valence-corrected chi connectivity index (χ1v) is 12.2. The van der Waals surface area contributed by atoms with E-state index in [1.54, 1.807) is 6.92 Å². The van der Waals surface area contributed by atoms with E-state index in [4.69, 9.17) is 4.74 Å². The zero-order chi connectivity index (χ0) is 21.3. The Morgan fingerprint density at radius 1 is 1.03 bits per heavy atom. The van der Waals surface area contributed by atoms with E-state index < -0.39 is 17.8 Å². The average molecular weight is 434 g/mol. The summed E-state index contributed by atoms with van der Waals surface area (Å²) in [6.07, 6.45) is 10.0. The molecule has 0 aliphatic heterocycles. The Morgan fingerprint density at radius 3 is 2.40 bits per heavy atom. The van der Waals surface area contributed by atoms with Crippen molar-refractivity contribution in [2.75, 3.05) is 11.9 Å². The lowest BCUT2D eigenvalue weighted by Gasteiger charge is -2.27. The summed E-state index contributed by atoms with van der Waals surface area (Å²) in [7, 11) is 0. The first kappa shape index (κ1) is 21.3. The molecule has 30 heavy (non-hydrogen) atoms. The van der Waals surface area contributed by atoms with Crippen LogP contribution < -0.4 is 5.32 Å². The maximum Gasteiger partial charge on any atom is 0.341 e. The van der Waals surface area contributed by atoms with E-state index in [1.165, 1.54) is 24.2 Å². The zero-order valence-electron chi connectivity index (χ0n) is 17.6. The molecule has 0 aromatic carbocycles. The summed E-state index contributed by atoms with van der Waals surface area (Å²) in [5, 5.41) is 13.2. The van der Waals surface area contributed by atoms with Crippen LogP contribution in [0.3, 0.4) is 0 Å². The van der Waals surface area contributed by atoms with Crippen molar-refractivity contribution < 1.29 is 24.2 Å². The minimum absolute atomic E-state index is 0.0973. The molecule has 6 nitrogen and oxygen atoms in total. The standard InChI is InChI=1S/C23H31NO5S/c1-2-29-23(28)19-15-8-6-4-3-5-7-9-16(15)30-21(19)24-20(25)17-13-10-11-14(12-13)18(17)22(26)27/h13-14,17-18H,2-12H2,1H3,(H,24,25)(H,26,27)/t13-,14-,17+,18-/m0/s1. The summed E-state index contributed by atoms with van der Waals surface area (Å²) in [4.78, 5) is 39.1. The predicted octanol–water partition coefficient (Wildman–Crippen LogP) is 4.66. The van der Waals surface area contributed by atoms with Gasteiger partial charge in [-0.3, -0.25) is 9.59 Å². The van der Waals surface area contributed by atoms with Crippen LogP contribution in [-0.4, -0.2) is 29.6 Å². The van der Waals surface area contributed by atoms with Gasteiger partial charge >= 0.3 is 11.9 Å². The molecular weight excluding hydrogens is 402 g/mol. The number of hydrogen-bond donors (Lipinski definition) is 2. The van der Waals surface area contributed by atoms with E-state index in [0.717, 1.165) is 61.8 Å². The number of ether oxygens (including phenoxy) is 1. The third kappa shape index (κ3) is 4.01. The van der Waals surface area contributed by atoms with Gasteiger partial charge in [0.25, 0.3) is 0 Å². The largest absolute Gasteiger partial charge is 0.481 e. The van der Waals surface area contributed by atoms with Gasteiger partial charge < -0.3 is 15.2 Å². The number of esters is 1. The maximum absolute atomic E-state index is 13.2. The lowest BCUT2D eigenvalue weighted by Crippen LogP contribution is -2.38. The Bertz CT molecular complexity index is 832. The molecule has 0 unspecified atom stereocenters. The lowest BCUT2D eigenvalue weighted by molar-refractivity contribution is -0.148. The van der Waals surface area contributed by atoms with Crippen molar-refractivity contribution in [1.29, 1.82) is 0 Å². The second-order valence-corrected chi connectivity index (χ2v) is 10.0. The highest BCUT2D eigenvalue weighted by Gasteiger charge is 2.54. The molecule has 1 aromatic rings. The van der Waals surface area contributed by atoms with E-state index in [9.17, 15) is 19.5 Å². The first-order chi connectivity index (χ1) is 14.5.